The fourth-order valence-electron chi connectivity index (χ4n) is 3.54. The van der Waals surface area contributed by atoms with Crippen LogP contribution in [0.1, 0.15) is 10.6 Å². The Hall–Kier alpha value is -2.06. The highest BCUT2D eigenvalue weighted by Crippen LogP contribution is 2.10. The molecule has 0 saturated carbocycles. The van der Waals surface area contributed by atoms with Crippen LogP contribution in [0.25, 0.3) is 0 Å². The van der Waals surface area contributed by atoms with E-state index < -0.39 is 0 Å². The molecule has 3 rings (SSSR count). The van der Waals surface area contributed by atoms with Crippen LogP contribution in [-0.2, 0) is 0 Å². The molecule has 8 heteroatoms. The zero-order chi connectivity index (χ0) is 18.5. The van der Waals surface area contributed by atoms with E-state index in [2.05, 4.69) is 39.1 Å². The number of piperazine rings is 2. The van der Waals surface area contributed by atoms with Crippen molar-refractivity contribution in [2.24, 2.45) is 4.99 Å². The molecule has 0 spiro atoms. The lowest BCUT2D eigenvalue weighted by atomic mass is 10.2. The van der Waals surface area contributed by atoms with Crippen LogP contribution in [0.2, 0.25) is 0 Å². The van der Waals surface area contributed by atoms with Crippen molar-refractivity contribution in [1.29, 1.82) is 0 Å². The summed E-state index contributed by atoms with van der Waals surface area (Å²) < 4.78 is 5.22. The number of carbonyl (C=O) groups is 1. The van der Waals surface area contributed by atoms with Gasteiger partial charge in [-0.05, 0) is 26.2 Å². The van der Waals surface area contributed by atoms with Crippen LogP contribution in [0.15, 0.2) is 27.8 Å². The van der Waals surface area contributed by atoms with Gasteiger partial charge in [-0.1, -0.05) is 0 Å². The Bertz CT molecular complexity index is 609. The summed E-state index contributed by atoms with van der Waals surface area (Å²) in [5.41, 5.74) is 0. The Kier molecular flexibility index (Phi) is 6.16. The Morgan fingerprint density at radius 1 is 1.19 bits per heavy atom. The number of furan rings is 1. The minimum Gasteiger partial charge on any atom is -0.459 e. The topological polar surface area (TPSA) is 67.6 Å². The first-order valence-corrected chi connectivity index (χ1v) is 9.25. The van der Waals surface area contributed by atoms with Gasteiger partial charge in [-0.2, -0.15) is 0 Å². The number of hydrogen-bond acceptors (Lipinski definition) is 5. The van der Waals surface area contributed by atoms with E-state index >= 15 is 0 Å². The maximum Gasteiger partial charge on any atom is 0.289 e. The second-order valence-electron chi connectivity index (χ2n) is 7.08. The molecule has 2 fully saturated rings. The van der Waals surface area contributed by atoms with E-state index in [1.54, 1.807) is 12.1 Å². The molecule has 1 amide bonds. The number of nitrogens with zero attached hydrogens (tertiary/aromatic N) is 5. The molecule has 1 atom stereocenters. The predicted molar refractivity (Wildman–Crippen MR) is 101 cm³/mol. The van der Waals surface area contributed by atoms with Crippen molar-refractivity contribution >= 4 is 11.9 Å². The molecule has 144 valence electrons. The third-order valence-corrected chi connectivity index (χ3v) is 5.29. The van der Waals surface area contributed by atoms with Gasteiger partial charge in [-0.15, -0.1) is 0 Å². The van der Waals surface area contributed by atoms with Crippen LogP contribution in [0.3, 0.4) is 0 Å². The van der Waals surface area contributed by atoms with Gasteiger partial charge in [-0.25, -0.2) is 0 Å². The van der Waals surface area contributed by atoms with Crippen LogP contribution in [0.5, 0.6) is 0 Å². The van der Waals surface area contributed by atoms with Gasteiger partial charge in [0, 0.05) is 65.4 Å². The Morgan fingerprint density at radius 2 is 1.92 bits per heavy atom. The van der Waals surface area contributed by atoms with E-state index in [0.29, 0.717) is 24.9 Å². The number of likely N-dealkylation sites (N-methyl/N-ethyl adjacent to an activating group) is 2. The molecule has 1 N–H and O–H groups in total. The summed E-state index contributed by atoms with van der Waals surface area (Å²) in [6.45, 7) is 7.03. The molecule has 1 aromatic rings. The average molecular weight is 362 g/mol. The largest absolute Gasteiger partial charge is 0.459 e. The van der Waals surface area contributed by atoms with Crippen LogP contribution in [0, 0.1) is 0 Å². The molecule has 1 unspecified atom stereocenters. The monoisotopic (exact) mass is 362 g/mol. The number of amides is 1. The molecule has 0 aliphatic carbocycles. The number of nitrogens with one attached hydrogen (secondary N) is 1. The standard InChI is InChI=1S/C18H30N6O2/c1-19-18(20-13-15-14-21(2)6-7-22(15)3)24-10-8-23(9-11-24)17(25)16-5-4-12-26-16/h4-5,12,15H,6-11,13-14H2,1-3H3,(H,19,20). The molecule has 8 nitrogen and oxygen atoms in total. The first-order chi connectivity index (χ1) is 12.6. The Balaban J connectivity index is 1.48. The van der Waals surface area contributed by atoms with E-state index in [9.17, 15) is 4.79 Å². The van der Waals surface area contributed by atoms with Crippen molar-refractivity contribution in [3.8, 4) is 0 Å². The zero-order valence-corrected chi connectivity index (χ0v) is 16.0. The lowest BCUT2D eigenvalue weighted by Gasteiger charge is -2.39. The molecule has 0 bridgehead atoms. The first kappa shape index (κ1) is 18.7. The zero-order valence-electron chi connectivity index (χ0n) is 16.0. The van der Waals surface area contributed by atoms with Gasteiger partial charge in [0.05, 0.1) is 6.26 Å². The Labute approximate surface area is 155 Å². The average Bonchev–Trinajstić information content (AvgIpc) is 3.19. The van der Waals surface area contributed by atoms with Crippen LogP contribution < -0.4 is 5.32 Å². The lowest BCUT2D eigenvalue weighted by molar-refractivity contribution is 0.0656. The highest BCUT2D eigenvalue weighted by Gasteiger charge is 2.26. The molecule has 2 saturated heterocycles. The van der Waals surface area contributed by atoms with Crippen molar-refractivity contribution in [3.63, 3.8) is 0 Å². The molecule has 0 aromatic carbocycles. The second-order valence-corrected chi connectivity index (χ2v) is 7.08. The van der Waals surface area contributed by atoms with Crippen molar-refractivity contribution < 1.29 is 9.21 Å². The second kappa shape index (κ2) is 8.55. The normalized spacial score (nSPS) is 23.3. The van der Waals surface area contributed by atoms with Crippen molar-refractivity contribution in [2.45, 2.75) is 6.04 Å². The van der Waals surface area contributed by atoms with E-state index in [1.807, 2.05) is 11.9 Å². The van der Waals surface area contributed by atoms with E-state index in [4.69, 9.17) is 4.42 Å². The molecule has 1 aromatic heterocycles. The fourth-order valence-corrected chi connectivity index (χ4v) is 3.54. The summed E-state index contributed by atoms with van der Waals surface area (Å²) in [4.78, 5) is 25.6. The molecule has 26 heavy (non-hydrogen) atoms. The fraction of sp³-hybridized carbons (Fsp3) is 0.667. The van der Waals surface area contributed by atoms with Crippen molar-refractivity contribution in [3.05, 3.63) is 24.2 Å². The molecule has 3 heterocycles. The van der Waals surface area contributed by atoms with Crippen molar-refractivity contribution in [2.75, 3.05) is 73.5 Å². The van der Waals surface area contributed by atoms with Gasteiger partial charge >= 0.3 is 0 Å². The molecule has 0 radical (unpaired) electrons. The van der Waals surface area contributed by atoms with Crippen LogP contribution in [0.4, 0.5) is 0 Å². The van der Waals surface area contributed by atoms with Crippen molar-refractivity contribution in [1.82, 2.24) is 24.9 Å². The third kappa shape index (κ3) is 4.37. The number of guanidine groups is 1. The van der Waals surface area contributed by atoms with Gasteiger partial charge in [0.1, 0.15) is 0 Å². The van der Waals surface area contributed by atoms with Gasteiger partial charge in [0.2, 0.25) is 0 Å². The summed E-state index contributed by atoms with van der Waals surface area (Å²) in [6, 6.07) is 3.94. The maximum atomic E-state index is 12.4. The predicted octanol–water partition coefficient (Wildman–Crippen LogP) is -0.141. The minimum absolute atomic E-state index is 0.0375. The van der Waals surface area contributed by atoms with Crippen LogP contribution >= 0.6 is 0 Å². The maximum absolute atomic E-state index is 12.4. The number of hydrogen-bond donors (Lipinski definition) is 1. The summed E-state index contributed by atoms with van der Waals surface area (Å²) in [5.74, 6) is 1.28. The van der Waals surface area contributed by atoms with E-state index in [1.165, 1.54) is 6.26 Å². The summed E-state index contributed by atoms with van der Waals surface area (Å²) in [5, 5.41) is 3.52. The third-order valence-electron chi connectivity index (χ3n) is 5.29. The quantitative estimate of drug-likeness (QED) is 0.596. The molecule has 2 aliphatic rings. The van der Waals surface area contributed by atoms with Gasteiger partial charge in [-0.3, -0.25) is 14.7 Å². The lowest BCUT2D eigenvalue weighted by Crippen LogP contribution is -2.58. The number of aliphatic imine (C=N–C) groups is 1. The summed E-state index contributed by atoms with van der Waals surface area (Å²) in [7, 11) is 6.17. The smallest absolute Gasteiger partial charge is 0.289 e. The first-order valence-electron chi connectivity index (χ1n) is 9.25. The summed E-state index contributed by atoms with van der Waals surface area (Å²) >= 11 is 0. The number of rotatable bonds is 3. The Morgan fingerprint density at radius 3 is 2.58 bits per heavy atom. The minimum atomic E-state index is -0.0375. The van der Waals surface area contributed by atoms with Gasteiger partial charge < -0.3 is 24.4 Å². The molecular formula is C18H30N6O2. The van der Waals surface area contributed by atoms with Gasteiger partial charge in [0.15, 0.2) is 11.7 Å². The van der Waals surface area contributed by atoms with E-state index in [-0.39, 0.29) is 5.91 Å². The van der Waals surface area contributed by atoms with E-state index in [0.717, 1.165) is 45.2 Å². The highest BCUT2D eigenvalue weighted by atomic mass is 16.3. The SMILES string of the molecule is CN=C(NCC1CN(C)CCN1C)N1CCN(C(=O)c2ccco2)CC1. The highest BCUT2D eigenvalue weighted by molar-refractivity contribution is 5.91. The van der Waals surface area contributed by atoms with Gasteiger partial charge in [0.25, 0.3) is 5.91 Å². The molecular weight excluding hydrogens is 332 g/mol. The summed E-state index contributed by atoms with van der Waals surface area (Å²) in [6.07, 6.45) is 1.54. The number of carbonyl (C=O) groups excluding carboxylic acids is 1. The molecule has 2 aliphatic heterocycles. The van der Waals surface area contributed by atoms with Crippen LogP contribution in [-0.4, -0.2) is 111 Å².